The van der Waals surface area contributed by atoms with E-state index in [1.165, 1.54) is 0 Å². The van der Waals surface area contributed by atoms with Crippen molar-refractivity contribution < 1.29 is 14.3 Å². The largest absolute Gasteiger partial charge is 0.497 e. The number of hydrogen-bond acceptors (Lipinski definition) is 3. The third kappa shape index (κ3) is 3.70. The van der Waals surface area contributed by atoms with Crippen molar-refractivity contribution in [2.75, 3.05) is 26.8 Å². The monoisotopic (exact) mass is 378 g/mol. The Morgan fingerprint density at radius 2 is 2.00 bits per heavy atom. The molecular formula is C23H26N2O3. The van der Waals surface area contributed by atoms with Crippen LogP contribution in [0.2, 0.25) is 0 Å². The van der Waals surface area contributed by atoms with Crippen LogP contribution in [0.1, 0.15) is 28.9 Å². The Bertz CT molecular complexity index is 979. The number of hydrogen-bond donors (Lipinski definition) is 1. The van der Waals surface area contributed by atoms with Crippen molar-refractivity contribution in [3.63, 3.8) is 0 Å². The number of aryl methyl sites for hydroxylation is 1. The van der Waals surface area contributed by atoms with E-state index in [0.717, 1.165) is 53.9 Å². The Balaban J connectivity index is 1.42. The first kappa shape index (κ1) is 18.4. The van der Waals surface area contributed by atoms with Crippen LogP contribution in [0.15, 0.2) is 48.5 Å². The molecule has 0 aliphatic carbocycles. The number of likely N-dealkylation sites (tertiary alicyclic amines) is 1. The molecule has 0 radical (unpaired) electrons. The molecule has 1 saturated heterocycles. The molecule has 2 heterocycles. The molecule has 1 aromatic heterocycles. The summed E-state index contributed by atoms with van der Waals surface area (Å²) < 4.78 is 11.2. The Morgan fingerprint density at radius 3 is 2.82 bits per heavy atom. The molecule has 1 atom stereocenters. The van der Waals surface area contributed by atoms with Crippen LogP contribution in [0.3, 0.4) is 0 Å². The molecule has 2 aromatic carbocycles. The molecule has 4 rings (SSSR count). The zero-order valence-corrected chi connectivity index (χ0v) is 16.4. The highest BCUT2D eigenvalue weighted by atomic mass is 16.5. The van der Waals surface area contributed by atoms with Gasteiger partial charge < -0.3 is 19.4 Å². The van der Waals surface area contributed by atoms with E-state index in [-0.39, 0.29) is 5.91 Å². The van der Waals surface area contributed by atoms with Gasteiger partial charge in [-0.3, -0.25) is 4.79 Å². The van der Waals surface area contributed by atoms with Crippen molar-refractivity contribution in [3.8, 4) is 11.5 Å². The standard InChI is InChI=1S/C23H26N2O3/c1-16-20-10-3-4-11-21(20)24-22(16)23(26)25-12-6-7-17(14-25)15-28-19-9-5-8-18(13-19)27-2/h3-5,8-11,13,17,24H,6-7,12,14-15H2,1-2H3/t17-/m1/s1. The quantitative estimate of drug-likeness (QED) is 0.715. The average molecular weight is 378 g/mol. The number of aromatic nitrogens is 1. The van der Waals surface area contributed by atoms with Crippen molar-refractivity contribution in [1.82, 2.24) is 9.88 Å². The Hall–Kier alpha value is -2.95. The minimum atomic E-state index is 0.0831. The number of carbonyl (C=O) groups excluding carboxylic acids is 1. The first-order valence-corrected chi connectivity index (χ1v) is 9.79. The Morgan fingerprint density at radius 1 is 1.18 bits per heavy atom. The lowest BCUT2D eigenvalue weighted by atomic mass is 9.98. The molecule has 0 bridgehead atoms. The smallest absolute Gasteiger partial charge is 0.270 e. The van der Waals surface area contributed by atoms with Gasteiger partial charge in [-0.1, -0.05) is 24.3 Å². The number of benzene rings is 2. The number of aromatic amines is 1. The zero-order valence-electron chi connectivity index (χ0n) is 16.4. The van der Waals surface area contributed by atoms with Gasteiger partial charge in [-0.15, -0.1) is 0 Å². The first-order chi connectivity index (χ1) is 13.7. The number of amides is 1. The number of methoxy groups -OCH3 is 1. The molecular weight excluding hydrogens is 352 g/mol. The van der Waals surface area contributed by atoms with E-state index >= 15 is 0 Å². The van der Waals surface area contributed by atoms with E-state index in [2.05, 4.69) is 11.1 Å². The fourth-order valence-electron chi connectivity index (χ4n) is 3.94. The minimum Gasteiger partial charge on any atom is -0.497 e. The molecule has 1 amide bonds. The van der Waals surface area contributed by atoms with Gasteiger partial charge in [0, 0.05) is 36.0 Å². The lowest BCUT2D eigenvalue weighted by molar-refractivity contribution is 0.0628. The molecule has 0 spiro atoms. The van der Waals surface area contributed by atoms with E-state index in [1.54, 1.807) is 7.11 Å². The number of nitrogens with zero attached hydrogens (tertiary/aromatic N) is 1. The Labute approximate surface area is 165 Å². The molecule has 3 aromatic rings. The number of fused-ring (bicyclic) bond motifs is 1. The lowest BCUT2D eigenvalue weighted by Crippen LogP contribution is -2.42. The number of H-pyrrole nitrogens is 1. The van der Waals surface area contributed by atoms with Crippen molar-refractivity contribution in [1.29, 1.82) is 0 Å². The van der Waals surface area contributed by atoms with E-state index < -0.39 is 0 Å². The minimum absolute atomic E-state index is 0.0831. The third-order valence-corrected chi connectivity index (χ3v) is 5.51. The molecule has 1 aliphatic rings. The van der Waals surface area contributed by atoms with Gasteiger partial charge in [0.15, 0.2) is 0 Å². The van der Waals surface area contributed by atoms with Crippen molar-refractivity contribution in [2.45, 2.75) is 19.8 Å². The summed E-state index contributed by atoms with van der Waals surface area (Å²) in [5.41, 5.74) is 2.74. The molecule has 5 heteroatoms. The zero-order chi connectivity index (χ0) is 19.5. The van der Waals surface area contributed by atoms with Gasteiger partial charge in [0.1, 0.15) is 17.2 Å². The first-order valence-electron chi connectivity index (χ1n) is 9.79. The topological polar surface area (TPSA) is 54.6 Å². The van der Waals surface area contributed by atoms with Crippen LogP contribution in [0, 0.1) is 12.8 Å². The number of ether oxygens (including phenoxy) is 2. The Kier molecular flexibility index (Phi) is 5.24. The summed E-state index contributed by atoms with van der Waals surface area (Å²) in [5.74, 6) is 2.00. The highest BCUT2D eigenvalue weighted by molar-refractivity contribution is 6.00. The van der Waals surface area contributed by atoms with Crippen LogP contribution in [0.4, 0.5) is 0 Å². The molecule has 0 unspecified atom stereocenters. The highest BCUT2D eigenvalue weighted by Gasteiger charge is 2.27. The highest BCUT2D eigenvalue weighted by Crippen LogP contribution is 2.26. The molecule has 1 aliphatic heterocycles. The van der Waals surface area contributed by atoms with Crippen LogP contribution >= 0.6 is 0 Å². The maximum Gasteiger partial charge on any atom is 0.270 e. The number of carbonyl (C=O) groups is 1. The molecule has 146 valence electrons. The second kappa shape index (κ2) is 7.97. The van der Waals surface area contributed by atoms with E-state index in [9.17, 15) is 4.79 Å². The van der Waals surface area contributed by atoms with Gasteiger partial charge in [0.05, 0.1) is 13.7 Å². The molecule has 5 nitrogen and oxygen atoms in total. The second-order valence-corrected chi connectivity index (χ2v) is 7.42. The van der Waals surface area contributed by atoms with Crippen molar-refractivity contribution in [2.24, 2.45) is 5.92 Å². The molecule has 1 N–H and O–H groups in total. The average Bonchev–Trinajstić information content (AvgIpc) is 3.09. The van der Waals surface area contributed by atoms with Crippen LogP contribution in [-0.2, 0) is 0 Å². The summed E-state index contributed by atoms with van der Waals surface area (Å²) in [6.07, 6.45) is 2.07. The number of rotatable bonds is 5. The van der Waals surface area contributed by atoms with E-state index in [1.807, 2.05) is 54.3 Å². The van der Waals surface area contributed by atoms with Crippen LogP contribution < -0.4 is 9.47 Å². The SMILES string of the molecule is COc1cccc(OC[C@@H]2CCCN(C(=O)c3[nH]c4ccccc4c3C)C2)c1. The van der Waals surface area contributed by atoms with Crippen molar-refractivity contribution in [3.05, 3.63) is 59.8 Å². The van der Waals surface area contributed by atoms with Gasteiger partial charge in [0.25, 0.3) is 5.91 Å². The maximum absolute atomic E-state index is 13.1. The van der Waals surface area contributed by atoms with Crippen molar-refractivity contribution >= 4 is 16.8 Å². The number of nitrogens with one attached hydrogen (secondary N) is 1. The van der Waals surface area contributed by atoms with Crippen LogP contribution in [0.5, 0.6) is 11.5 Å². The molecule has 1 fully saturated rings. The van der Waals surface area contributed by atoms with Crippen LogP contribution in [0.25, 0.3) is 10.9 Å². The fraction of sp³-hybridized carbons (Fsp3) is 0.348. The van der Waals surface area contributed by atoms with Gasteiger partial charge in [-0.2, -0.15) is 0 Å². The fourth-order valence-corrected chi connectivity index (χ4v) is 3.94. The predicted octanol–water partition coefficient (Wildman–Crippen LogP) is 4.42. The lowest BCUT2D eigenvalue weighted by Gasteiger charge is -2.32. The summed E-state index contributed by atoms with van der Waals surface area (Å²) in [6, 6.07) is 15.7. The predicted molar refractivity (Wildman–Crippen MR) is 110 cm³/mol. The van der Waals surface area contributed by atoms with E-state index in [0.29, 0.717) is 18.2 Å². The maximum atomic E-state index is 13.1. The summed E-state index contributed by atoms with van der Waals surface area (Å²) in [7, 11) is 1.65. The number of para-hydroxylation sites is 1. The van der Waals surface area contributed by atoms with Gasteiger partial charge in [0.2, 0.25) is 0 Å². The normalized spacial score (nSPS) is 16.9. The van der Waals surface area contributed by atoms with Crippen LogP contribution in [-0.4, -0.2) is 42.6 Å². The number of piperidine rings is 1. The summed E-state index contributed by atoms with van der Waals surface area (Å²) in [6.45, 7) is 4.13. The van der Waals surface area contributed by atoms with Gasteiger partial charge >= 0.3 is 0 Å². The summed E-state index contributed by atoms with van der Waals surface area (Å²) in [5, 5.41) is 1.11. The summed E-state index contributed by atoms with van der Waals surface area (Å²) >= 11 is 0. The van der Waals surface area contributed by atoms with Gasteiger partial charge in [-0.25, -0.2) is 0 Å². The van der Waals surface area contributed by atoms with Gasteiger partial charge in [-0.05, 0) is 43.5 Å². The van der Waals surface area contributed by atoms with E-state index in [4.69, 9.17) is 9.47 Å². The molecule has 28 heavy (non-hydrogen) atoms. The second-order valence-electron chi connectivity index (χ2n) is 7.42. The summed E-state index contributed by atoms with van der Waals surface area (Å²) in [4.78, 5) is 18.4. The third-order valence-electron chi connectivity index (χ3n) is 5.51. The molecule has 0 saturated carbocycles.